The van der Waals surface area contributed by atoms with Gasteiger partial charge in [0.1, 0.15) is 11.3 Å². The molecule has 0 radical (unpaired) electrons. The van der Waals surface area contributed by atoms with E-state index in [1.54, 1.807) is 24.4 Å². The lowest BCUT2D eigenvalue weighted by atomic mass is 10.0. The predicted octanol–water partition coefficient (Wildman–Crippen LogP) is 6.14. The van der Waals surface area contributed by atoms with E-state index in [0.717, 1.165) is 32.5 Å². The van der Waals surface area contributed by atoms with Gasteiger partial charge in [0.15, 0.2) is 5.13 Å². The second kappa shape index (κ2) is 9.85. The minimum atomic E-state index is -0.0191. The summed E-state index contributed by atoms with van der Waals surface area (Å²) in [7, 11) is 1.63. The van der Waals surface area contributed by atoms with Gasteiger partial charge in [-0.25, -0.2) is 4.98 Å². The molecule has 168 valence electrons. The molecule has 0 spiro atoms. The predicted molar refractivity (Wildman–Crippen MR) is 137 cm³/mol. The lowest BCUT2D eigenvalue weighted by Gasteiger charge is -2.20. The second-order valence-electron chi connectivity index (χ2n) is 7.88. The Kier molecular flexibility index (Phi) is 6.31. The van der Waals surface area contributed by atoms with Gasteiger partial charge in [-0.1, -0.05) is 78.1 Å². The van der Waals surface area contributed by atoms with E-state index in [9.17, 15) is 4.79 Å². The molecule has 0 bridgehead atoms. The third-order valence-electron chi connectivity index (χ3n) is 5.60. The molecule has 5 aromatic rings. The third-order valence-corrected chi connectivity index (χ3v) is 6.65. The Morgan fingerprint density at radius 3 is 2.41 bits per heavy atom. The van der Waals surface area contributed by atoms with Crippen LogP contribution in [0.1, 0.15) is 11.1 Å². The second-order valence-corrected chi connectivity index (χ2v) is 8.89. The number of amides is 1. The highest BCUT2D eigenvalue weighted by Crippen LogP contribution is 2.35. The van der Waals surface area contributed by atoms with Crippen molar-refractivity contribution in [3.63, 3.8) is 0 Å². The van der Waals surface area contributed by atoms with E-state index in [1.807, 2.05) is 60.7 Å². The molecule has 0 unspecified atom stereocenters. The fourth-order valence-electron chi connectivity index (χ4n) is 3.84. The Bertz CT molecular complexity index is 1400. The lowest BCUT2D eigenvalue weighted by molar-refractivity contribution is -0.118. The zero-order chi connectivity index (χ0) is 23.3. The summed E-state index contributed by atoms with van der Waals surface area (Å²) >= 11 is 1.49. The van der Waals surface area contributed by atoms with Crippen LogP contribution in [0.3, 0.4) is 0 Å². The summed E-state index contributed by atoms with van der Waals surface area (Å²) < 4.78 is 6.45. The first-order valence-corrected chi connectivity index (χ1v) is 11.8. The zero-order valence-electron chi connectivity index (χ0n) is 18.7. The molecule has 3 aromatic carbocycles. The molecule has 0 saturated heterocycles. The van der Waals surface area contributed by atoms with Gasteiger partial charge in [-0.3, -0.25) is 14.7 Å². The Morgan fingerprint density at radius 1 is 0.882 bits per heavy atom. The highest BCUT2D eigenvalue weighted by atomic mass is 32.1. The average molecular weight is 466 g/mol. The van der Waals surface area contributed by atoms with Crippen LogP contribution in [0.4, 0.5) is 5.13 Å². The Hall–Kier alpha value is -4.03. The van der Waals surface area contributed by atoms with E-state index in [4.69, 9.17) is 9.72 Å². The number of methoxy groups -OCH3 is 1. The summed E-state index contributed by atoms with van der Waals surface area (Å²) in [6, 6.07) is 28.0. The van der Waals surface area contributed by atoms with E-state index in [-0.39, 0.29) is 12.3 Å². The van der Waals surface area contributed by atoms with Crippen LogP contribution in [0, 0.1) is 0 Å². The van der Waals surface area contributed by atoms with Crippen molar-refractivity contribution in [2.75, 3.05) is 12.0 Å². The highest BCUT2D eigenvalue weighted by Gasteiger charge is 2.22. The van der Waals surface area contributed by atoms with E-state index >= 15 is 0 Å². The third kappa shape index (κ3) is 4.67. The number of nitrogens with zero attached hydrogens (tertiary/aromatic N) is 3. The van der Waals surface area contributed by atoms with Gasteiger partial charge in [0.25, 0.3) is 0 Å². The van der Waals surface area contributed by atoms with Crippen LogP contribution in [0.15, 0.2) is 97.3 Å². The number of carbonyl (C=O) groups excluding carboxylic acids is 1. The fraction of sp³-hybridized carbons (Fsp3) is 0.107. The maximum absolute atomic E-state index is 13.5. The van der Waals surface area contributed by atoms with Gasteiger partial charge in [-0.05, 0) is 40.5 Å². The van der Waals surface area contributed by atoms with Gasteiger partial charge in [-0.15, -0.1) is 0 Å². The van der Waals surface area contributed by atoms with E-state index < -0.39 is 0 Å². The molecule has 0 fully saturated rings. The van der Waals surface area contributed by atoms with Crippen molar-refractivity contribution in [3.8, 4) is 16.9 Å². The number of benzene rings is 3. The monoisotopic (exact) mass is 465 g/mol. The van der Waals surface area contributed by atoms with Gasteiger partial charge >= 0.3 is 0 Å². The van der Waals surface area contributed by atoms with Crippen LogP contribution in [0.25, 0.3) is 21.3 Å². The number of pyridine rings is 1. The number of thiazole rings is 1. The Morgan fingerprint density at radius 2 is 1.68 bits per heavy atom. The molecule has 0 aliphatic carbocycles. The standard InChI is InChI=1S/C28H23N3O2S/c1-33-24-10-5-11-25-27(24)30-28(34-25)31(19-21-7-6-16-29-18-21)26(32)17-20-12-14-23(15-13-20)22-8-3-2-4-9-22/h2-16,18H,17,19H2,1H3. The topological polar surface area (TPSA) is 55.3 Å². The number of hydrogen-bond donors (Lipinski definition) is 0. The molecule has 1 amide bonds. The molecule has 0 aliphatic rings. The number of para-hydroxylation sites is 1. The van der Waals surface area contributed by atoms with Crippen molar-refractivity contribution < 1.29 is 9.53 Å². The summed E-state index contributed by atoms with van der Waals surface area (Å²) in [5.74, 6) is 0.680. The van der Waals surface area contributed by atoms with Crippen molar-refractivity contribution in [1.82, 2.24) is 9.97 Å². The molecule has 2 heterocycles. The van der Waals surface area contributed by atoms with Crippen LogP contribution in [0.2, 0.25) is 0 Å². The molecule has 0 saturated carbocycles. The molecule has 0 atom stereocenters. The summed E-state index contributed by atoms with van der Waals surface area (Å²) in [6.07, 6.45) is 3.79. The quantitative estimate of drug-likeness (QED) is 0.290. The van der Waals surface area contributed by atoms with Crippen molar-refractivity contribution in [1.29, 1.82) is 0 Å². The molecule has 0 aliphatic heterocycles. The van der Waals surface area contributed by atoms with Crippen molar-refractivity contribution in [2.45, 2.75) is 13.0 Å². The van der Waals surface area contributed by atoms with Crippen LogP contribution >= 0.6 is 11.3 Å². The molecule has 6 heteroatoms. The normalized spacial score (nSPS) is 10.9. The number of fused-ring (bicyclic) bond motifs is 1. The van der Waals surface area contributed by atoms with Gasteiger partial charge < -0.3 is 4.74 Å². The van der Waals surface area contributed by atoms with Crippen molar-refractivity contribution in [3.05, 3.63) is 108 Å². The van der Waals surface area contributed by atoms with Crippen molar-refractivity contribution in [2.24, 2.45) is 0 Å². The Labute approximate surface area is 202 Å². The van der Waals surface area contributed by atoms with Gasteiger partial charge in [0.05, 0.1) is 24.8 Å². The van der Waals surface area contributed by atoms with Crippen LogP contribution in [-0.4, -0.2) is 23.0 Å². The van der Waals surface area contributed by atoms with E-state index in [0.29, 0.717) is 17.4 Å². The maximum Gasteiger partial charge on any atom is 0.233 e. The molecule has 0 N–H and O–H groups in total. The van der Waals surface area contributed by atoms with Gasteiger partial charge in [-0.2, -0.15) is 0 Å². The maximum atomic E-state index is 13.5. The van der Waals surface area contributed by atoms with Gasteiger partial charge in [0.2, 0.25) is 5.91 Å². The molecule has 5 nitrogen and oxygen atoms in total. The van der Waals surface area contributed by atoms with Crippen LogP contribution < -0.4 is 9.64 Å². The first-order valence-electron chi connectivity index (χ1n) is 11.0. The number of carbonyl (C=O) groups is 1. The smallest absolute Gasteiger partial charge is 0.233 e. The summed E-state index contributed by atoms with van der Waals surface area (Å²) in [5.41, 5.74) is 4.95. The SMILES string of the molecule is COc1cccc2sc(N(Cc3cccnc3)C(=O)Cc3ccc(-c4ccccc4)cc3)nc12. The van der Waals surface area contributed by atoms with Crippen molar-refractivity contribution >= 4 is 32.6 Å². The number of anilines is 1. The fourth-order valence-corrected chi connectivity index (χ4v) is 4.84. The minimum Gasteiger partial charge on any atom is -0.494 e. The van der Waals surface area contributed by atoms with Crippen LogP contribution in [-0.2, 0) is 17.8 Å². The highest BCUT2D eigenvalue weighted by molar-refractivity contribution is 7.22. The first kappa shape index (κ1) is 21.8. The van der Waals surface area contributed by atoms with E-state index in [1.165, 1.54) is 11.3 Å². The lowest BCUT2D eigenvalue weighted by Crippen LogP contribution is -2.31. The first-order chi connectivity index (χ1) is 16.7. The Balaban J connectivity index is 1.44. The molecular formula is C28H23N3O2S. The average Bonchev–Trinajstić information content (AvgIpc) is 3.33. The summed E-state index contributed by atoms with van der Waals surface area (Å²) in [4.78, 5) is 24.3. The van der Waals surface area contributed by atoms with Gasteiger partial charge in [0, 0.05) is 12.4 Å². The largest absolute Gasteiger partial charge is 0.494 e. The minimum absolute atomic E-state index is 0.0191. The molecule has 5 rings (SSSR count). The summed E-state index contributed by atoms with van der Waals surface area (Å²) in [6.45, 7) is 0.400. The molecule has 2 aromatic heterocycles. The number of rotatable bonds is 7. The zero-order valence-corrected chi connectivity index (χ0v) is 19.5. The molecular weight excluding hydrogens is 442 g/mol. The van der Waals surface area contributed by atoms with Crippen LogP contribution in [0.5, 0.6) is 5.75 Å². The number of aromatic nitrogens is 2. The molecule has 34 heavy (non-hydrogen) atoms. The number of ether oxygens (including phenoxy) is 1. The summed E-state index contributed by atoms with van der Waals surface area (Å²) in [5, 5.41) is 0.647. The number of hydrogen-bond acceptors (Lipinski definition) is 5. The van der Waals surface area contributed by atoms with E-state index in [2.05, 4.69) is 29.2 Å².